The quantitative estimate of drug-likeness (QED) is 0.326. The molecule has 17 heteroatoms. The molecule has 0 spiro atoms. The lowest BCUT2D eigenvalue weighted by atomic mass is 9.87. The number of benzene rings is 2. The molecule has 2 aromatic carbocycles. The van der Waals surface area contributed by atoms with Crippen molar-refractivity contribution < 1.29 is 49.4 Å². The normalized spacial score (nSPS) is 18.0. The van der Waals surface area contributed by atoms with E-state index in [-0.39, 0.29) is 36.1 Å². The minimum absolute atomic E-state index is 0.0500. The second-order valence-electron chi connectivity index (χ2n) is 8.99. The summed E-state index contributed by atoms with van der Waals surface area (Å²) in [5, 5.41) is 22.8. The Kier molecular flexibility index (Phi) is 7.36. The lowest BCUT2D eigenvalue weighted by Crippen LogP contribution is -2.47. The average Bonchev–Trinajstić information content (AvgIpc) is 3.39. The third-order valence-electron chi connectivity index (χ3n) is 6.48. The highest BCUT2D eigenvalue weighted by Crippen LogP contribution is 2.45. The Morgan fingerprint density at radius 3 is 2.05 bits per heavy atom. The van der Waals surface area contributed by atoms with Crippen LogP contribution >= 0.6 is 0 Å². The van der Waals surface area contributed by atoms with Crippen LogP contribution in [0.25, 0.3) is 0 Å². The molecule has 0 aliphatic carbocycles. The smallest absolute Gasteiger partial charge is 0.416 e. The van der Waals surface area contributed by atoms with Gasteiger partial charge in [-0.25, -0.2) is 4.79 Å². The number of H-pyrrole nitrogens is 1. The molecule has 1 amide bonds. The molecule has 2 atom stereocenters. The van der Waals surface area contributed by atoms with Crippen molar-refractivity contribution in [2.24, 2.45) is 0 Å². The van der Waals surface area contributed by atoms with Crippen molar-refractivity contribution in [3.8, 4) is 0 Å². The summed E-state index contributed by atoms with van der Waals surface area (Å²) >= 11 is 0. The molecule has 4 rings (SSSR count). The molecule has 2 heterocycles. The van der Waals surface area contributed by atoms with Crippen LogP contribution in [0.2, 0.25) is 0 Å². The summed E-state index contributed by atoms with van der Waals surface area (Å²) in [5.41, 5.74) is -5.11. The first kappa shape index (κ1) is 28.9. The van der Waals surface area contributed by atoms with E-state index in [1.54, 1.807) is 6.92 Å². The average molecular weight is 582 g/mol. The van der Waals surface area contributed by atoms with Crippen molar-refractivity contribution in [2.45, 2.75) is 56.9 Å². The highest BCUT2D eigenvalue weighted by atomic mass is 19.4. The van der Waals surface area contributed by atoms with Crippen molar-refractivity contribution in [2.75, 3.05) is 9.80 Å². The minimum Gasteiger partial charge on any atom is -0.465 e. The van der Waals surface area contributed by atoms with Gasteiger partial charge < -0.3 is 10.0 Å². The maximum absolute atomic E-state index is 13.6. The zero-order chi connectivity index (χ0) is 29.6. The van der Waals surface area contributed by atoms with Gasteiger partial charge >= 0.3 is 24.6 Å². The number of anilines is 2. The molecule has 3 aromatic rings. The number of tetrazole rings is 1. The Morgan fingerprint density at radius 2 is 1.57 bits per heavy atom. The van der Waals surface area contributed by atoms with Gasteiger partial charge in [-0.05, 0) is 65.6 Å². The molecule has 8 nitrogen and oxygen atoms in total. The van der Waals surface area contributed by atoms with Crippen molar-refractivity contribution >= 4 is 17.7 Å². The second-order valence-corrected chi connectivity index (χ2v) is 8.99. The van der Waals surface area contributed by atoms with Gasteiger partial charge in [-0.1, -0.05) is 12.0 Å². The van der Waals surface area contributed by atoms with Crippen LogP contribution in [0.3, 0.4) is 0 Å². The maximum atomic E-state index is 13.6. The van der Waals surface area contributed by atoms with Crippen LogP contribution in [0.15, 0.2) is 36.4 Å². The summed E-state index contributed by atoms with van der Waals surface area (Å²) in [4.78, 5) is 14.0. The predicted octanol–water partition coefficient (Wildman–Crippen LogP) is 6.67. The number of amides is 1. The van der Waals surface area contributed by atoms with Crippen molar-refractivity contribution in [1.82, 2.24) is 20.6 Å². The number of nitrogens with zero attached hydrogens (tertiary/aromatic N) is 5. The molecule has 0 saturated heterocycles. The van der Waals surface area contributed by atoms with Crippen LogP contribution in [-0.4, -0.2) is 37.9 Å². The summed E-state index contributed by atoms with van der Waals surface area (Å²) in [6.07, 6.45) is -16.6. The van der Waals surface area contributed by atoms with Crippen molar-refractivity contribution in [1.29, 1.82) is 0 Å². The number of fused-ring (bicyclic) bond motifs is 1. The highest BCUT2D eigenvalue weighted by molar-refractivity contribution is 5.89. The summed E-state index contributed by atoms with van der Waals surface area (Å²) in [5.74, 6) is -0.335. The van der Waals surface area contributed by atoms with E-state index < -0.39 is 65.5 Å². The third kappa shape index (κ3) is 5.77. The lowest BCUT2D eigenvalue weighted by Gasteiger charge is -2.43. The van der Waals surface area contributed by atoms with Crippen molar-refractivity contribution in [3.05, 3.63) is 64.2 Å². The number of carbonyl (C=O) groups is 1. The molecule has 40 heavy (non-hydrogen) atoms. The van der Waals surface area contributed by atoms with Crippen LogP contribution in [0.4, 0.5) is 55.9 Å². The topological polar surface area (TPSA) is 98.2 Å². The number of aromatic nitrogens is 4. The fourth-order valence-electron chi connectivity index (χ4n) is 4.71. The molecule has 1 aromatic heterocycles. The van der Waals surface area contributed by atoms with Gasteiger partial charge in [-0.2, -0.15) is 44.7 Å². The van der Waals surface area contributed by atoms with Gasteiger partial charge in [-0.15, -0.1) is 5.10 Å². The molecule has 0 bridgehead atoms. The zero-order valence-electron chi connectivity index (χ0n) is 20.2. The van der Waals surface area contributed by atoms with E-state index in [9.17, 15) is 49.4 Å². The number of alkyl halides is 9. The zero-order valence-corrected chi connectivity index (χ0v) is 20.2. The third-order valence-corrected chi connectivity index (χ3v) is 6.48. The number of hydrogen-bond acceptors (Lipinski definition) is 5. The second kappa shape index (κ2) is 10.2. The van der Waals surface area contributed by atoms with Crippen LogP contribution in [0, 0.1) is 0 Å². The molecule has 0 radical (unpaired) electrons. The summed E-state index contributed by atoms with van der Waals surface area (Å²) in [6, 6.07) is 1.26. The van der Waals surface area contributed by atoms with Gasteiger partial charge in [0.15, 0.2) is 0 Å². The van der Waals surface area contributed by atoms with Gasteiger partial charge in [0.25, 0.3) is 5.95 Å². The van der Waals surface area contributed by atoms with Crippen LogP contribution in [-0.2, 0) is 25.1 Å². The van der Waals surface area contributed by atoms with E-state index in [0.29, 0.717) is 24.3 Å². The molecular weight excluding hydrogens is 563 g/mol. The van der Waals surface area contributed by atoms with Crippen LogP contribution in [0.1, 0.15) is 53.6 Å². The first-order valence-corrected chi connectivity index (χ1v) is 11.5. The van der Waals surface area contributed by atoms with E-state index in [1.165, 1.54) is 0 Å². The van der Waals surface area contributed by atoms with Gasteiger partial charge in [0.2, 0.25) is 0 Å². The van der Waals surface area contributed by atoms with Gasteiger partial charge in [0.1, 0.15) is 0 Å². The van der Waals surface area contributed by atoms with Gasteiger partial charge in [0.05, 0.1) is 28.4 Å². The molecule has 0 fully saturated rings. The standard InChI is InChI=1S/C23H19F9N6O2/c1-2-15-9-18(16-8-12(21(24,25)26)3-4-17(16)38(15)20(39)40)37(19-33-35-36-34-19)10-11-5-13(22(27,28)29)7-14(6-11)23(30,31)32/h3-8,15,18H,2,9-10H2,1H3,(H,39,40)(H,33,34,35,36). The SMILES string of the molecule is CCC1CC(N(Cc2cc(C(F)(F)F)cc(C(F)(F)F)c2)c2nn[nH]n2)c2cc(C(F)(F)F)ccc2N1C(=O)O. The Labute approximate surface area is 219 Å². The number of aromatic amines is 1. The molecular formula is C23H19F9N6O2. The molecule has 2 unspecified atom stereocenters. The van der Waals surface area contributed by atoms with E-state index in [0.717, 1.165) is 15.9 Å². The molecule has 1 aliphatic heterocycles. The van der Waals surface area contributed by atoms with Crippen LogP contribution < -0.4 is 9.80 Å². The molecule has 216 valence electrons. The Morgan fingerprint density at radius 1 is 0.975 bits per heavy atom. The summed E-state index contributed by atoms with van der Waals surface area (Å²) < 4.78 is 122. The van der Waals surface area contributed by atoms with E-state index in [1.807, 2.05) is 0 Å². The summed E-state index contributed by atoms with van der Waals surface area (Å²) in [7, 11) is 0. The number of nitrogens with one attached hydrogen (secondary N) is 1. The Balaban J connectivity index is 1.91. The number of hydrogen-bond donors (Lipinski definition) is 2. The van der Waals surface area contributed by atoms with E-state index in [4.69, 9.17) is 0 Å². The number of halogens is 9. The molecule has 1 aliphatic rings. The van der Waals surface area contributed by atoms with Crippen molar-refractivity contribution in [3.63, 3.8) is 0 Å². The predicted molar refractivity (Wildman–Crippen MR) is 120 cm³/mol. The fraction of sp³-hybridized carbons (Fsp3) is 0.391. The Hall–Kier alpha value is -4.05. The molecule has 2 N–H and O–H groups in total. The first-order valence-electron chi connectivity index (χ1n) is 11.5. The minimum atomic E-state index is -5.14. The molecule has 0 saturated carbocycles. The largest absolute Gasteiger partial charge is 0.465 e. The van der Waals surface area contributed by atoms with E-state index >= 15 is 0 Å². The van der Waals surface area contributed by atoms with E-state index in [2.05, 4.69) is 20.6 Å². The van der Waals surface area contributed by atoms with Gasteiger partial charge in [0, 0.05) is 12.6 Å². The monoisotopic (exact) mass is 582 g/mol. The summed E-state index contributed by atoms with van der Waals surface area (Å²) in [6.45, 7) is 0.907. The number of rotatable bonds is 5. The van der Waals surface area contributed by atoms with Crippen LogP contribution in [0.5, 0.6) is 0 Å². The number of carboxylic acid groups (broad SMARTS) is 1. The maximum Gasteiger partial charge on any atom is 0.416 e. The Bertz CT molecular complexity index is 1340. The fourth-order valence-corrected chi connectivity index (χ4v) is 4.71. The van der Waals surface area contributed by atoms with Gasteiger partial charge in [-0.3, -0.25) is 4.90 Å². The first-order chi connectivity index (χ1) is 18.5. The lowest BCUT2D eigenvalue weighted by molar-refractivity contribution is -0.143. The highest BCUT2D eigenvalue weighted by Gasteiger charge is 2.42.